The molecule has 8 heteroatoms. The van der Waals surface area contributed by atoms with E-state index < -0.39 is 4.92 Å². The normalized spacial score (nSPS) is 10.6. The summed E-state index contributed by atoms with van der Waals surface area (Å²) in [5.74, 6) is 1.39. The molecule has 2 rings (SSSR count). The molecular formula is C13H18N6O2. The molecule has 0 fully saturated rings. The van der Waals surface area contributed by atoms with Gasteiger partial charge in [0.2, 0.25) is 11.8 Å². The number of anilines is 1. The van der Waals surface area contributed by atoms with Gasteiger partial charge in [0.1, 0.15) is 11.5 Å². The summed E-state index contributed by atoms with van der Waals surface area (Å²) < 4.78 is 1.66. The Morgan fingerprint density at radius 2 is 2.14 bits per heavy atom. The Morgan fingerprint density at radius 3 is 2.76 bits per heavy atom. The molecule has 0 unspecified atom stereocenters. The Hall–Kier alpha value is -2.51. The van der Waals surface area contributed by atoms with Gasteiger partial charge in [0, 0.05) is 25.4 Å². The Labute approximate surface area is 122 Å². The van der Waals surface area contributed by atoms with Crippen molar-refractivity contribution in [1.82, 2.24) is 19.5 Å². The van der Waals surface area contributed by atoms with Gasteiger partial charge in [-0.05, 0) is 20.3 Å². The van der Waals surface area contributed by atoms with Gasteiger partial charge in [0.05, 0.1) is 4.92 Å². The molecule has 0 spiro atoms. The van der Waals surface area contributed by atoms with E-state index in [0.717, 1.165) is 18.7 Å². The van der Waals surface area contributed by atoms with Crippen LogP contribution in [0.25, 0.3) is 5.82 Å². The van der Waals surface area contributed by atoms with E-state index in [1.165, 1.54) is 0 Å². The minimum Gasteiger partial charge on any atom is -0.354 e. The van der Waals surface area contributed by atoms with Crippen molar-refractivity contribution in [2.75, 3.05) is 11.9 Å². The molecule has 0 saturated heterocycles. The highest BCUT2D eigenvalue weighted by Gasteiger charge is 2.24. The smallest absolute Gasteiger partial charge is 0.333 e. The van der Waals surface area contributed by atoms with Crippen molar-refractivity contribution < 1.29 is 4.92 Å². The number of hydrogen-bond acceptors (Lipinski definition) is 6. The summed E-state index contributed by atoms with van der Waals surface area (Å²) in [7, 11) is 0. The predicted molar refractivity (Wildman–Crippen MR) is 78.7 cm³/mol. The van der Waals surface area contributed by atoms with E-state index in [2.05, 4.69) is 20.3 Å². The number of hydrogen-bond donors (Lipinski definition) is 1. The second-order valence-corrected chi connectivity index (χ2v) is 4.56. The Kier molecular flexibility index (Phi) is 4.46. The third-order valence-electron chi connectivity index (χ3n) is 2.98. The van der Waals surface area contributed by atoms with Crippen molar-refractivity contribution in [1.29, 1.82) is 0 Å². The molecule has 2 aromatic rings. The maximum Gasteiger partial charge on any atom is 0.333 e. The lowest BCUT2D eigenvalue weighted by Crippen LogP contribution is -2.12. The number of nitrogens with zero attached hydrogens (tertiary/aromatic N) is 5. The Bertz CT molecular complexity index is 652. The SMILES string of the molecule is CCCc1nccn1-c1nc(NCC)nc(C)c1[N+](=O)[O-]. The first-order valence-corrected chi connectivity index (χ1v) is 6.88. The summed E-state index contributed by atoms with van der Waals surface area (Å²) in [5, 5.41) is 14.3. The first-order chi connectivity index (χ1) is 10.1. The highest BCUT2D eigenvalue weighted by Crippen LogP contribution is 2.26. The topological polar surface area (TPSA) is 98.8 Å². The standard InChI is InChI=1S/C13H18N6O2/c1-4-6-10-15-7-8-18(10)12-11(19(20)21)9(3)16-13(17-12)14-5-2/h7-8H,4-6H2,1-3H3,(H,14,16,17). The lowest BCUT2D eigenvalue weighted by atomic mass is 10.3. The minimum atomic E-state index is -0.448. The van der Waals surface area contributed by atoms with Gasteiger partial charge >= 0.3 is 5.69 Å². The number of aryl methyl sites for hydroxylation is 2. The van der Waals surface area contributed by atoms with Crippen LogP contribution in [0.5, 0.6) is 0 Å². The molecule has 0 atom stereocenters. The van der Waals surface area contributed by atoms with Crippen LogP contribution in [0.15, 0.2) is 12.4 Å². The van der Waals surface area contributed by atoms with E-state index in [4.69, 9.17) is 0 Å². The van der Waals surface area contributed by atoms with Crippen molar-refractivity contribution in [2.45, 2.75) is 33.6 Å². The van der Waals surface area contributed by atoms with E-state index in [-0.39, 0.29) is 11.5 Å². The largest absolute Gasteiger partial charge is 0.354 e. The second kappa shape index (κ2) is 6.29. The molecule has 21 heavy (non-hydrogen) atoms. The minimum absolute atomic E-state index is 0.0907. The lowest BCUT2D eigenvalue weighted by molar-refractivity contribution is -0.385. The molecule has 0 aliphatic heterocycles. The second-order valence-electron chi connectivity index (χ2n) is 4.56. The first-order valence-electron chi connectivity index (χ1n) is 6.88. The van der Waals surface area contributed by atoms with Crippen LogP contribution in [0.1, 0.15) is 31.8 Å². The zero-order valence-corrected chi connectivity index (χ0v) is 12.3. The Balaban J connectivity index is 2.63. The monoisotopic (exact) mass is 290 g/mol. The zero-order chi connectivity index (χ0) is 15.4. The highest BCUT2D eigenvalue weighted by molar-refractivity contribution is 5.54. The van der Waals surface area contributed by atoms with Crippen molar-refractivity contribution in [3.63, 3.8) is 0 Å². The van der Waals surface area contributed by atoms with Gasteiger partial charge in [-0.1, -0.05) is 6.92 Å². The highest BCUT2D eigenvalue weighted by atomic mass is 16.6. The van der Waals surface area contributed by atoms with Crippen molar-refractivity contribution in [3.05, 3.63) is 34.0 Å². The third kappa shape index (κ3) is 2.99. The summed E-state index contributed by atoms with van der Waals surface area (Å²) in [6.45, 7) is 6.20. The fraction of sp³-hybridized carbons (Fsp3) is 0.462. The van der Waals surface area contributed by atoms with Gasteiger partial charge in [-0.3, -0.25) is 14.7 Å². The summed E-state index contributed by atoms with van der Waals surface area (Å²) in [4.78, 5) is 23.6. The quantitative estimate of drug-likeness (QED) is 0.647. The zero-order valence-electron chi connectivity index (χ0n) is 12.3. The Morgan fingerprint density at radius 1 is 1.38 bits per heavy atom. The average molecular weight is 290 g/mol. The van der Waals surface area contributed by atoms with Crippen LogP contribution in [0.2, 0.25) is 0 Å². The summed E-state index contributed by atoms with van der Waals surface area (Å²) in [6, 6.07) is 0. The van der Waals surface area contributed by atoms with Crippen LogP contribution in [-0.4, -0.2) is 31.0 Å². The molecule has 0 aliphatic carbocycles. The van der Waals surface area contributed by atoms with Crippen molar-refractivity contribution >= 4 is 11.6 Å². The van der Waals surface area contributed by atoms with E-state index in [1.54, 1.807) is 23.9 Å². The summed E-state index contributed by atoms with van der Waals surface area (Å²) in [5.41, 5.74) is 0.240. The van der Waals surface area contributed by atoms with Crippen LogP contribution in [0, 0.1) is 17.0 Å². The number of rotatable bonds is 6. The molecule has 112 valence electrons. The molecule has 0 radical (unpaired) electrons. The molecule has 0 aromatic carbocycles. The van der Waals surface area contributed by atoms with Crippen molar-refractivity contribution in [2.24, 2.45) is 0 Å². The molecule has 0 bridgehead atoms. The number of aromatic nitrogens is 4. The molecular weight excluding hydrogens is 272 g/mol. The number of nitrogens with one attached hydrogen (secondary N) is 1. The molecule has 0 aliphatic rings. The molecule has 8 nitrogen and oxygen atoms in total. The van der Waals surface area contributed by atoms with Crippen LogP contribution >= 0.6 is 0 Å². The van der Waals surface area contributed by atoms with Gasteiger partial charge in [-0.2, -0.15) is 4.98 Å². The molecule has 1 N–H and O–H groups in total. The fourth-order valence-electron chi connectivity index (χ4n) is 2.11. The van der Waals surface area contributed by atoms with Gasteiger partial charge in [0.15, 0.2) is 0 Å². The van der Waals surface area contributed by atoms with E-state index in [1.807, 2.05) is 13.8 Å². The maximum absolute atomic E-state index is 11.3. The predicted octanol–water partition coefficient (Wildman–Crippen LogP) is 2.26. The average Bonchev–Trinajstić information content (AvgIpc) is 2.86. The first kappa shape index (κ1) is 14.9. The fourth-order valence-corrected chi connectivity index (χ4v) is 2.11. The van der Waals surface area contributed by atoms with E-state index in [9.17, 15) is 10.1 Å². The van der Waals surface area contributed by atoms with Gasteiger partial charge < -0.3 is 5.32 Å². The third-order valence-corrected chi connectivity index (χ3v) is 2.98. The van der Waals surface area contributed by atoms with E-state index >= 15 is 0 Å². The molecule has 2 heterocycles. The molecule has 2 aromatic heterocycles. The maximum atomic E-state index is 11.3. The van der Waals surface area contributed by atoms with Crippen LogP contribution < -0.4 is 5.32 Å². The van der Waals surface area contributed by atoms with Crippen LogP contribution in [0.3, 0.4) is 0 Å². The van der Waals surface area contributed by atoms with Gasteiger partial charge in [0.25, 0.3) is 0 Å². The number of nitro groups is 1. The molecule has 0 amide bonds. The van der Waals surface area contributed by atoms with Crippen LogP contribution in [0.4, 0.5) is 11.6 Å². The number of imidazole rings is 1. The van der Waals surface area contributed by atoms with Gasteiger partial charge in [-0.15, -0.1) is 0 Å². The van der Waals surface area contributed by atoms with Gasteiger partial charge in [-0.25, -0.2) is 9.97 Å². The van der Waals surface area contributed by atoms with Crippen LogP contribution in [-0.2, 0) is 6.42 Å². The summed E-state index contributed by atoms with van der Waals surface area (Å²) >= 11 is 0. The summed E-state index contributed by atoms with van der Waals surface area (Å²) in [6.07, 6.45) is 4.94. The van der Waals surface area contributed by atoms with E-state index in [0.29, 0.717) is 18.2 Å². The molecule has 0 saturated carbocycles. The van der Waals surface area contributed by atoms with Crippen molar-refractivity contribution in [3.8, 4) is 5.82 Å². The lowest BCUT2D eigenvalue weighted by Gasteiger charge is -2.10.